The van der Waals surface area contributed by atoms with E-state index in [1.807, 2.05) is 11.8 Å². The summed E-state index contributed by atoms with van der Waals surface area (Å²) in [5.41, 5.74) is 1.76. The maximum absolute atomic E-state index is 12.5. The molecule has 0 radical (unpaired) electrons. The highest BCUT2D eigenvalue weighted by atomic mass is 16.5. The molecule has 0 spiro atoms. The van der Waals surface area contributed by atoms with Crippen LogP contribution >= 0.6 is 0 Å². The van der Waals surface area contributed by atoms with E-state index < -0.39 is 0 Å². The highest BCUT2D eigenvalue weighted by molar-refractivity contribution is 6.04. The molecular weight excluding hydrogens is 422 g/mol. The summed E-state index contributed by atoms with van der Waals surface area (Å²) in [4.78, 5) is 38.9. The second kappa shape index (κ2) is 12.0. The van der Waals surface area contributed by atoms with Crippen molar-refractivity contribution in [2.24, 2.45) is 5.92 Å². The number of carbonyl (C=O) groups is 3. The molecule has 1 fully saturated rings. The van der Waals surface area contributed by atoms with Crippen LogP contribution in [0.3, 0.4) is 0 Å². The number of hydrogen-bond donors (Lipinski definition) is 2. The lowest BCUT2D eigenvalue weighted by Gasteiger charge is -2.30. The van der Waals surface area contributed by atoms with Gasteiger partial charge in [-0.25, -0.2) is 0 Å². The van der Waals surface area contributed by atoms with Crippen molar-refractivity contribution in [1.29, 1.82) is 0 Å². The molecule has 1 saturated heterocycles. The van der Waals surface area contributed by atoms with E-state index in [0.29, 0.717) is 36.7 Å². The lowest BCUT2D eigenvalue weighted by atomic mass is 9.98. The van der Waals surface area contributed by atoms with Crippen molar-refractivity contribution < 1.29 is 23.9 Å². The summed E-state index contributed by atoms with van der Waals surface area (Å²) in [5, 5.41) is 5.69. The van der Waals surface area contributed by atoms with E-state index in [-0.39, 0.29) is 30.2 Å². The van der Waals surface area contributed by atoms with Gasteiger partial charge in [0.05, 0.1) is 25.7 Å². The number of amides is 2. The van der Waals surface area contributed by atoms with Crippen LogP contribution in [-0.2, 0) is 14.3 Å². The molecule has 3 rings (SSSR count). The Bertz CT molecular complexity index is 944. The number of piperidine rings is 1. The normalized spacial score (nSPS) is 16.0. The van der Waals surface area contributed by atoms with Crippen LogP contribution < -0.4 is 15.4 Å². The molecule has 1 aliphatic heterocycles. The van der Waals surface area contributed by atoms with Crippen LogP contribution in [0.2, 0.25) is 0 Å². The van der Waals surface area contributed by atoms with E-state index >= 15 is 0 Å². The molecule has 176 valence electrons. The van der Waals surface area contributed by atoms with Gasteiger partial charge in [-0.15, -0.1) is 0 Å². The van der Waals surface area contributed by atoms with Crippen LogP contribution in [0.1, 0.15) is 37.0 Å². The summed E-state index contributed by atoms with van der Waals surface area (Å²) >= 11 is 0. The maximum atomic E-state index is 12.5. The van der Waals surface area contributed by atoms with Gasteiger partial charge in [0.1, 0.15) is 5.75 Å². The fourth-order valence-electron chi connectivity index (χ4n) is 3.76. The van der Waals surface area contributed by atoms with E-state index in [4.69, 9.17) is 9.47 Å². The first-order valence-corrected chi connectivity index (χ1v) is 11.3. The number of rotatable bonds is 9. The molecule has 1 unspecified atom stereocenters. The Morgan fingerprint density at radius 1 is 0.939 bits per heavy atom. The second-order valence-electron chi connectivity index (χ2n) is 7.86. The molecule has 0 saturated carbocycles. The zero-order chi connectivity index (χ0) is 23.6. The van der Waals surface area contributed by atoms with Gasteiger partial charge in [-0.3, -0.25) is 19.3 Å². The molecule has 0 bridgehead atoms. The monoisotopic (exact) mass is 453 g/mol. The summed E-state index contributed by atoms with van der Waals surface area (Å²) in [7, 11) is 0. The number of hydrogen-bond acceptors (Lipinski definition) is 6. The number of benzene rings is 2. The highest BCUT2D eigenvalue weighted by Gasteiger charge is 2.27. The molecule has 1 heterocycles. The number of anilines is 2. The van der Waals surface area contributed by atoms with Gasteiger partial charge >= 0.3 is 5.97 Å². The van der Waals surface area contributed by atoms with Crippen molar-refractivity contribution >= 4 is 29.2 Å². The van der Waals surface area contributed by atoms with Crippen molar-refractivity contribution in [3.8, 4) is 5.75 Å². The van der Waals surface area contributed by atoms with Crippen LogP contribution in [0.15, 0.2) is 48.5 Å². The quantitative estimate of drug-likeness (QED) is 0.564. The van der Waals surface area contributed by atoms with E-state index in [1.165, 1.54) is 0 Å². The van der Waals surface area contributed by atoms with E-state index in [9.17, 15) is 14.4 Å². The summed E-state index contributed by atoms with van der Waals surface area (Å²) in [6, 6.07) is 13.9. The van der Waals surface area contributed by atoms with Gasteiger partial charge in [0.2, 0.25) is 5.91 Å². The Labute approximate surface area is 194 Å². The number of likely N-dealkylation sites (tertiary alicyclic amines) is 1. The number of nitrogens with one attached hydrogen (secondary N) is 2. The van der Waals surface area contributed by atoms with Gasteiger partial charge in [-0.2, -0.15) is 0 Å². The third-order valence-corrected chi connectivity index (χ3v) is 5.35. The molecule has 33 heavy (non-hydrogen) atoms. The van der Waals surface area contributed by atoms with Crippen molar-refractivity contribution in [3.05, 3.63) is 54.1 Å². The minimum absolute atomic E-state index is 0.161. The molecule has 2 N–H and O–H groups in total. The molecule has 1 aliphatic rings. The number of ether oxygens (including phenoxy) is 2. The van der Waals surface area contributed by atoms with Crippen LogP contribution in [0, 0.1) is 5.92 Å². The van der Waals surface area contributed by atoms with Gasteiger partial charge in [0.15, 0.2) is 0 Å². The highest BCUT2D eigenvalue weighted by Crippen LogP contribution is 2.19. The van der Waals surface area contributed by atoms with E-state index in [2.05, 4.69) is 10.6 Å². The molecule has 0 aliphatic carbocycles. The number of carbonyl (C=O) groups excluding carboxylic acids is 3. The maximum Gasteiger partial charge on any atom is 0.310 e. The summed E-state index contributed by atoms with van der Waals surface area (Å²) in [6.07, 6.45) is 1.64. The Kier molecular flexibility index (Phi) is 8.83. The van der Waals surface area contributed by atoms with E-state index in [0.717, 1.165) is 25.1 Å². The lowest BCUT2D eigenvalue weighted by molar-refractivity contribution is -0.150. The molecule has 8 nitrogen and oxygen atoms in total. The Morgan fingerprint density at radius 2 is 1.61 bits per heavy atom. The van der Waals surface area contributed by atoms with Gasteiger partial charge in [-0.1, -0.05) is 0 Å². The van der Waals surface area contributed by atoms with Crippen molar-refractivity contribution in [3.63, 3.8) is 0 Å². The minimum atomic E-state index is -0.240. The second-order valence-corrected chi connectivity index (χ2v) is 7.86. The van der Waals surface area contributed by atoms with Crippen molar-refractivity contribution in [2.45, 2.75) is 26.7 Å². The summed E-state index contributed by atoms with van der Waals surface area (Å²) in [6.45, 7) is 6.16. The van der Waals surface area contributed by atoms with Gasteiger partial charge in [0, 0.05) is 23.5 Å². The Morgan fingerprint density at radius 3 is 2.27 bits per heavy atom. The molecule has 2 aromatic rings. The van der Waals surface area contributed by atoms with Gasteiger partial charge in [-0.05, 0) is 81.8 Å². The smallest absolute Gasteiger partial charge is 0.310 e. The number of esters is 1. The first kappa shape index (κ1) is 24.3. The molecule has 0 aromatic heterocycles. The third-order valence-electron chi connectivity index (χ3n) is 5.35. The van der Waals surface area contributed by atoms with Crippen LogP contribution in [0.5, 0.6) is 5.75 Å². The lowest BCUT2D eigenvalue weighted by Crippen LogP contribution is -2.43. The molecule has 8 heteroatoms. The molecular formula is C25H31N3O5. The average Bonchev–Trinajstić information content (AvgIpc) is 2.81. The van der Waals surface area contributed by atoms with Crippen molar-refractivity contribution in [1.82, 2.24) is 4.90 Å². The van der Waals surface area contributed by atoms with Crippen LogP contribution in [-0.4, -0.2) is 55.5 Å². The molecule has 2 amide bonds. The summed E-state index contributed by atoms with van der Waals surface area (Å²) in [5.74, 6) is -0.0283. The zero-order valence-corrected chi connectivity index (χ0v) is 19.1. The van der Waals surface area contributed by atoms with Crippen LogP contribution in [0.25, 0.3) is 0 Å². The standard InChI is InChI=1S/C25H31N3O5/c1-3-32-22-13-11-21(12-14-22)27-24(30)18-7-9-20(10-8-18)26-23(29)17-28-15-5-6-19(16-28)25(31)33-4-2/h7-14,19H,3-6,15-17H2,1-2H3,(H,26,29)(H,27,30). The molecule has 2 aromatic carbocycles. The van der Waals surface area contributed by atoms with Gasteiger partial charge in [0.25, 0.3) is 5.91 Å². The zero-order valence-electron chi connectivity index (χ0n) is 19.1. The first-order chi connectivity index (χ1) is 16.0. The van der Waals surface area contributed by atoms with E-state index in [1.54, 1.807) is 55.5 Å². The minimum Gasteiger partial charge on any atom is -0.494 e. The predicted octanol–water partition coefficient (Wildman–Crippen LogP) is 3.55. The fraction of sp³-hybridized carbons (Fsp3) is 0.400. The number of nitrogens with zero attached hydrogens (tertiary/aromatic N) is 1. The van der Waals surface area contributed by atoms with Crippen molar-refractivity contribution in [2.75, 3.05) is 43.5 Å². The Balaban J connectivity index is 1.48. The first-order valence-electron chi connectivity index (χ1n) is 11.3. The average molecular weight is 454 g/mol. The largest absolute Gasteiger partial charge is 0.494 e. The van der Waals surface area contributed by atoms with Gasteiger partial charge < -0.3 is 20.1 Å². The topological polar surface area (TPSA) is 97.0 Å². The van der Waals surface area contributed by atoms with Crippen LogP contribution in [0.4, 0.5) is 11.4 Å². The molecule has 1 atom stereocenters. The SMILES string of the molecule is CCOC(=O)C1CCCN(CC(=O)Nc2ccc(C(=O)Nc3ccc(OCC)cc3)cc2)C1. The summed E-state index contributed by atoms with van der Waals surface area (Å²) < 4.78 is 10.5. The Hall–Kier alpha value is -3.39. The third kappa shape index (κ3) is 7.32. The predicted molar refractivity (Wildman–Crippen MR) is 126 cm³/mol. The fourth-order valence-corrected chi connectivity index (χ4v) is 3.76.